The van der Waals surface area contributed by atoms with Crippen molar-refractivity contribution >= 4 is 13.7 Å². The number of para-hydroxylation sites is 1. The molecule has 0 bridgehead atoms. The average molecular weight is 745 g/mol. The molecule has 0 spiro atoms. The number of hydrogen-bond donors (Lipinski definition) is 3. The number of amides is 1. The Kier molecular flexibility index (Phi) is 18.6. The number of nitrogens with one attached hydrogen (secondary N) is 2. The zero-order valence-corrected chi connectivity index (χ0v) is 30.7. The highest BCUT2D eigenvalue weighted by atomic mass is 31.2. The smallest absolute Gasteiger partial charge is 0.413 e. The number of alkyl halides is 2. The fourth-order valence-electron chi connectivity index (χ4n) is 4.91. The lowest BCUT2D eigenvalue weighted by Gasteiger charge is -2.22. The van der Waals surface area contributed by atoms with Crippen LogP contribution in [0, 0.1) is 6.92 Å². The molecule has 4 atom stereocenters. The molecule has 3 rings (SSSR count). The Balaban J connectivity index is 1.38. The summed E-state index contributed by atoms with van der Waals surface area (Å²) in [5, 5.41) is 15.7. The molecule has 0 radical (unpaired) electrons. The lowest BCUT2D eigenvalue weighted by atomic mass is 10.1. The highest BCUT2D eigenvalue weighted by Gasteiger charge is 2.60. The molecule has 1 aromatic heterocycles. The summed E-state index contributed by atoms with van der Waals surface area (Å²) in [4.78, 5) is 28.2. The number of aromatic nitrogens is 2. The van der Waals surface area contributed by atoms with Gasteiger partial charge in [0.1, 0.15) is 11.9 Å². The number of allylic oxidation sites excluding steroid dienone is 10. The number of nitrogens with zero attached hydrogens (tertiary/aromatic N) is 2. The number of rotatable bonds is 23. The van der Waals surface area contributed by atoms with Crippen LogP contribution in [-0.4, -0.2) is 58.4 Å². The van der Waals surface area contributed by atoms with Gasteiger partial charge < -0.3 is 19.7 Å². The number of unbranched alkanes of at least 4 members (excludes halogenated alkanes) is 1. The lowest BCUT2D eigenvalue weighted by Crippen LogP contribution is -2.42. The first-order valence-electron chi connectivity index (χ1n) is 17.6. The molecule has 1 aliphatic rings. The molecule has 2 heterocycles. The molecule has 2 aromatic rings. The predicted molar refractivity (Wildman–Crippen MR) is 198 cm³/mol. The summed E-state index contributed by atoms with van der Waals surface area (Å²) in [6, 6.07) is 9.41. The molecule has 1 saturated heterocycles. The fourth-order valence-corrected chi connectivity index (χ4v) is 6.25. The van der Waals surface area contributed by atoms with Crippen LogP contribution in [-0.2, 0) is 18.6 Å². The van der Waals surface area contributed by atoms with Crippen molar-refractivity contribution in [1.29, 1.82) is 0 Å². The number of aryl methyl sites for hydroxylation is 1. The summed E-state index contributed by atoms with van der Waals surface area (Å²) < 4.78 is 60.6. The van der Waals surface area contributed by atoms with Crippen LogP contribution < -0.4 is 20.6 Å². The fraction of sp³-hybridized carbons (Fsp3) is 0.447. The van der Waals surface area contributed by atoms with E-state index >= 15 is 8.78 Å². The molecule has 14 heteroatoms. The highest BCUT2D eigenvalue weighted by molar-refractivity contribution is 7.52. The zero-order chi connectivity index (χ0) is 37.7. The van der Waals surface area contributed by atoms with Crippen LogP contribution in [0.5, 0.6) is 5.75 Å². The van der Waals surface area contributed by atoms with Gasteiger partial charge in [-0.15, -0.1) is 0 Å². The van der Waals surface area contributed by atoms with Crippen molar-refractivity contribution < 1.29 is 37.0 Å². The third kappa shape index (κ3) is 14.9. The van der Waals surface area contributed by atoms with Crippen LogP contribution >= 0.6 is 7.75 Å². The Hall–Kier alpha value is -4.00. The maximum absolute atomic E-state index is 15.0. The van der Waals surface area contributed by atoms with E-state index in [9.17, 15) is 19.3 Å². The zero-order valence-electron chi connectivity index (χ0n) is 29.8. The van der Waals surface area contributed by atoms with Gasteiger partial charge in [0.15, 0.2) is 6.10 Å². The molecule has 11 nitrogen and oxygen atoms in total. The number of benzene rings is 1. The van der Waals surface area contributed by atoms with Crippen molar-refractivity contribution in [2.75, 3.05) is 19.7 Å². The van der Waals surface area contributed by atoms with Crippen LogP contribution in [0.3, 0.4) is 0 Å². The number of aliphatic hydroxyl groups excluding tert-OH is 1. The van der Waals surface area contributed by atoms with E-state index in [0.29, 0.717) is 23.1 Å². The summed E-state index contributed by atoms with van der Waals surface area (Å²) in [5.74, 6) is -3.90. The van der Waals surface area contributed by atoms with Gasteiger partial charge >= 0.3 is 19.4 Å². The lowest BCUT2D eigenvalue weighted by molar-refractivity contribution is -0.140. The second-order valence-corrected chi connectivity index (χ2v) is 13.7. The Morgan fingerprint density at radius 1 is 0.981 bits per heavy atom. The summed E-state index contributed by atoms with van der Waals surface area (Å²) in [6.07, 6.45) is 22.6. The molecule has 1 unspecified atom stereocenters. The SMILES string of the molecule is CC/C=C\C/C=C\C/C=C\C/C=C\C/C=C\CCCC(=O)NCCNP(=O)(OC[C@H]1O[C@@H](n2ccc(C)nc2=O)C(F)(F)[C@@H]1O)Oc1ccccc1. The van der Waals surface area contributed by atoms with Crippen molar-refractivity contribution in [3.63, 3.8) is 0 Å². The van der Waals surface area contributed by atoms with Crippen molar-refractivity contribution in [2.45, 2.75) is 89.6 Å². The van der Waals surface area contributed by atoms with E-state index < -0.39 is 44.4 Å². The Bertz CT molecular complexity index is 1630. The standard InChI is InChI=1S/C38H51F2N4O7P/c1-3-4-5-6-7-8-9-10-11-12-13-14-15-16-17-18-22-25-34(45)41-27-28-42-52(48,51-32-23-20-19-21-24-32)49-30-33-35(46)38(39,40)36(50-33)44-29-26-31(2)43-37(44)47/h4-5,7-8,10-11,13-14,16-17,19-21,23-24,26,29,33,35-36,46H,3,6,9,12,15,18,22,25,27-28,30H2,1-2H3,(H,41,45)(H,42,48)/b5-4-,8-7-,11-10-,14-13-,17-16-/t33-,35-,36-,52?/m1/s1. The van der Waals surface area contributed by atoms with Crippen LogP contribution in [0.1, 0.15) is 70.2 Å². The van der Waals surface area contributed by atoms with Gasteiger partial charge in [0, 0.05) is 31.4 Å². The minimum atomic E-state index is -4.23. The minimum Gasteiger partial charge on any atom is -0.413 e. The van der Waals surface area contributed by atoms with E-state index in [4.69, 9.17) is 13.8 Å². The molecule has 1 amide bonds. The number of carbonyl (C=O) groups excluding carboxylic acids is 1. The molecule has 0 aliphatic carbocycles. The van der Waals surface area contributed by atoms with Gasteiger partial charge in [0.05, 0.1) is 6.61 Å². The monoisotopic (exact) mass is 744 g/mol. The third-order valence-electron chi connectivity index (χ3n) is 7.66. The number of hydrogen-bond acceptors (Lipinski definition) is 8. The van der Waals surface area contributed by atoms with Gasteiger partial charge in [-0.2, -0.15) is 13.8 Å². The van der Waals surface area contributed by atoms with Crippen molar-refractivity contribution in [2.24, 2.45) is 0 Å². The van der Waals surface area contributed by atoms with Gasteiger partial charge in [0.25, 0.3) is 0 Å². The van der Waals surface area contributed by atoms with Gasteiger partial charge in [-0.25, -0.2) is 14.4 Å². The van der Waals surface area contributed by atoms with Crippen molar-refractivity contribution in [3.05, 3.63) is 120 Å². The topological polar surface area (TPSA) is 141 Å². The average Bonchev–Trinajstić information content (AvgIpc) is 3.34. The van der Waals surface area contributed by atoms with Crippen molar-refractivity contribution in [1.82, 2.24) is 20.0 Å². The van der Waals surface area contributed by atoms with Crippen LogP contribution in [0.2, 0.25) is 0 Å². The first kappa shape index (κ1) is 42.4. The second-order valence-electron chi connectivity index (χ2n) is 12.0. The molecule has 1 aromatic carbocycles. The number of ether oxygens (including phenoxy) is 1. The molecule has 52 heavy (non-hydrogen) atoms. The summed E-state index contributed by atoms with van der Waals surface area (Å²) in [5.41, 5.74) is -0.653. The normalized spacial score (nSPS) is 20.1. The van der Waals surface area contributed by atoms with Gasteiger partial charge in [0.2, 0.25) is 12.1 Å². The number of carbonyl (C=O) groups is 1. The third-order valence-corrected chi connectivity index (χ3v) is 9.21. The van der Waals surface area contributed by atoms with E-state index in [1.165, 1.54) is 25.1 Å². The van der Waals surface area contributed by atoms with Gasteiger partial charge in [-0.3, -0.25) is 13.9 Å². The van der Waals surface area contributed by atoms with Gasteiger partial charge in [-0.1, -0.05) is 85.9 Å². The van der Waals surface area contributed by atoms with Gasteiger partial charge in [-0.05, 0) is 70.1 Å². The number of halogens is 2. The van der Waals surface area contributed by atoms with Crippen LogP contribution in [0.15, 0.2) is 108 Å². The Labute approximate surface area is 304 Å². The minimum absolute atomic E-state index is 0.0398. The first-order chi connectivity index (χ1) is 25.1. The van der Waals surface area contributed by atoms with Crippen LogP contribution in [0.25, 0.3) is 0 Å². The maximum atomic E-state index is 15.0. The van der Waals surface area contributed by atoms with E-state index in [-0.39, 0.29) is 24.7 Å². The molecule has 1 aliphatic heterocycles. The quantitative estimate of drug-likeness (QED) is 0.0609. The molecule has 3 N–H and O–H groups in total. The first-order valence-corrected chi connectivity index (χ1v) is 19.1. The van der Waals surface area contributed by atoms with E-state index in [2.05, 4.69) is 77.0 Å². The van der Waals surface area contributed by atoms with E-state index in [1.54, 1.807) is 18.2 Å². The molecular formula is C38H51F2N4O7P. The summed E-state index contributed by atoms with van der Waals surface area (Å²) in [6.45, 7) is 2.93. The Morgan fingerprint density at radius 2 is 1.60 bits per heavy atom. The Morgan fingerprint density at radius 3 is 2.21 bits per heavy atom. The van der Waals surface area contributed by atoms with Crippen LogP contribution in [0.4, 0.5) is 8.78 Å². The predicted octanol–water partition coefficient (Wildman–Crippen LogP) is 7.28. The number of aliphatic hydroxyl groups is 1. The van der Waals surface area contributed by atoms with Crippen molar-refractivity contribution in [3.8, 4) is 5.75 Å². The van der Waals surface area contributed by atoms with E-state index in [0.717, 1.165) is 44.7 Å². The maximum Gasteiger partial charge on any atom is 0.458 e. The highest BCUT2D eigenvalue weighted by Crippen LogP contribution is 2.47. The molecule has 284 valence electrons. The molecule has 0 saturated carbocycles. The summed E-state index contributed by atoms with van der Waals surface area (Å²) in [7, 11) is -4.23. The largest absolute Gasteiger partial charge is 0.458 e. The second kappa shape index (κ2) is 22.8. The summed E-state index contributed by atoms with van der Waals surface area (Å²) >= 11 is 0. The molecular weight excluding hydrogens is 693 g/mol. The molecule has 1 fully saturated rings. The van der Waals surface area contributed by atoms with E-state index in [1.807, 2.05) is 6.08 Å².